The summed E-state index contributed by atoms with van der Waals surface area (Å²) in [5.41, 5.74) is 1.10. The first-order valence-corrected chi connectivity index (χ1v) is 7.85. The van der Waals surface area contributed by atoms with Gasteiger partial charge in [-0.25, -0.2) is 0 Å². The van der Waals surface area contributed by atoms with E-state index in [-0.39, 0.29) is 6.10 Å². The highest BCUT2D eigenvalue weighted by atomic mass is 28.3. The van der Waals surface area contributed by atoms with Crippen molar-refractivity contribution in [1.29, 1.82) is 0 Å². The van der Waals surface area contributed by atoms with Gasteiger partial charge in [0.05, 0.1) is 6.10 Å². The van der Waals surface area contributed by atoms with Gasteiger partial charge in [-0.15, -0.1) is 0 Å². The molecule has 1 aromatic rings. The molecule has 0 spiro atoms. The molecule has 4 nitrogen and oxygen atoms in total. The van der Waals surface area contributed by atoms with Crippen molar-refractivity contribution in [3.63, 3.8) is 0 Å². The van der Waals surface area contributed by atoms with Crippen molar-refractivity contribution < 1.29 is 13.3 Å². The molecule has 102 valence electrons. The van der Waals surface area contributed by atoms with Crippen LogP contribution in [0, 0.1) is 0 Å². The number of para-hydroxylation sites is 1. The van der Waals surface area contributed by atoms with Gasteiger partial charge in [0, 0.05) is 25.4 Å². The highest BCUT2D eigenvalue weighted by Crippen LogP contribution is 2.06. The van der Waals surface area contributed by atoms with E-state index < -0.39 is 9.53 Å². The Bertz CT molecular complexity index is 304. The van der Waals surface area contributed by atoms with Crippen molar-refractivity contribution in [3.05, 3.63) is 30.3 Å². The smallest absolute Gasteiger partial charge is 0.382 e. The van der Waals surface area contributed by atoms with Gasteiger partial charge in [0.25, 0.3) is 0 Å². The van der Waals surface area contributed by atoms with Gasteiger partial charge >= 0.3 is 9.53 Å². The molecule has 0 saturated heterocycles. The molecule has 0 radical (unpaired) electrons. The zero-order valence-electron chi connectivity index (χ0n) is 11.4. The molecular weight excluding hydrogens is 246 g/mol. The number of nitrogens with one attached hydrogen (secondary N) is 1. The molecule has 18 heavy (non-hydrogen) atoms. The van der Waals surface area contributed by atoms with Gasteiger partial charge < -0.3 is 18.6 Å². The fourth-order valence-electron chi connectivity index (χ4n) is 1.45. The quantitative estimate of drug-likeness (QED) is 0.698. The average Bonchev–Trinajstić information content (AvgIpc) is 2.38. The Hall–Kier alpha value is -0.883. The largest absolute Gasteiger partial charge is 0.484 e. The summed E-state index contributed by atoms with van der Waals surface area (Å²) in [4.78, 5) is 0. The summed E-state index contributed by atoms with van der Waals surface area (Å²) in [5, 5.41) is 3.32. The molecule has 1 rings (SSSR count). The molecule has 1 aromatic carbocycles. The van der Waals surface area contributed by atoms with Crippen LogP contribution in [0.15, 0.2) is 30.3 Å². The fourth-order valence-corrected chi connectivity index (χ4v) is 2.73. The van der Waals surface area contributed by atoms with Crippen LogP contribution in [-0.4, -0.2) is 35.4 Å². The molecule has 1 atom stereocenters. The second-order valence-electron chi connectivity index (χ2n) is 3.89. The highest BCUT2D eigenvalue weighted by molar-refractivity contribution is 6.36. The molecule has 0 aliphatic carbocycles. The lowest BCUT2D eigenvalue weighted by molar-refractivity contribution is 0.0749. The predicted molar refractivity (Wildman–Crippen MR) is 75.9 cm³/mol. The Morgan fingerprint density at radius 2 is 1.72 bits per heavy atom. The van der Waals surface area contributed by atoms with Crippen molar-refractivity contribution in [1.82, 2.24) is 0 Å². The molecule has 1 N–H and O–H groups in total. The van der Waals surface area contributed by atoms with Crippen molar-refractivity contribution in [2.24, 2.45) is 0 Å². The first-order valence-electron chi connectivity index (χ1n) is 6.43. The molecule has 1 unspecified atom stereocenters. The van der Waals surface area contributed by atoms with E-state index in [1.165, 1.54) is 0 Å². The maximum atomic E-state index is 5.78. The van der Waals surface area contributed by atoms with Gasteiger partial charge in [-0.05, 0) is 32.9 Å². The standard InChI is InChI=1S/C13H23NO3Si/c1-4-15-18(16-5-2)17-12(3)11-14-13-9-7-6-8-10-13/h6-10,12,14,18H,4-5,11H2,1-3H3. The van der Waals surface area contributed by atoms with Crippen LogP contribution >= 0.6 is 0 Å². The summed E-state index contributed by atoms with van der Waals surface area (Å²) in [5.74, 6) is 0. The SMILES string of the molecule is CCO[SiH](OCC)OC(C)CNc1ccccc1. The number of rotatable bonds is 9. The fraction of sp³-hybridized carbons (Fsp3) is 0.538. The van der Waals surface area contributed by atoms with Crippen LogP contribution in [0.1, 0.15) is 20.8 Å². The maximum absolute atomic E-state index is 5.78. The lowest BCUT2D eigenvalue weighted by Gasteiger charge is -2.20. The van der Waals surface area contributed by atoms with E-state index in [9.17, 15) is 0 Å². The molecule has 0 fully saturated rings. The van der Waals surface area contributed by atoms with E-state index >= 15 is 0 Å². The second kappa shape index (κ2) is 9.10. The molecule has 0 saturated carbocycles. The first kappa shape index (κ1) is 15.2. The van der Waals surface area contributed by atoms with Crippen LogP contribution in [-0.2, 0) is 13.3 Å². The van der Waals surface area contributed by atoms with E-state index in [1.54, 1.807) is 0 Å². The highest BCUT2D eigenvalue weighted by Gasteiger charge is 2.17. The van der Waals surface area contributed by atoms with Gasteiger partial charge in [0.15, 0.2) is 0 Å². The van der Waals surface area contributed by atoms with E-state index in [0.717, 1.165) is 12.2 Å². The lowest BCUT2D eigenvalue weighted by atomic mass is 10.3. The monoisotopic (exact) mass is 269 g/mol. The maximum Gasteiger partial charge on any atom is 0.484 e. The number of anilines is 1. The third-order valence-electron chi connectivity index (χ3n) is 2.32. The summed E-state index contributed by atoms with van der Waals surface area (Å²) < 4.78 is 16.7. The summed E-state index contributed by atoms with van der Waals surface area (Å²) in [7, 11) is -1.96. The first-order chi connectivity index (χ1) is 8.76. The summed E-state index contributed by atoms with van der Waals surface area (Å²) >= 11 is 0. The van der Waals surface area contributed by atoms with Gasteiger partial charge in [-0.1, -0.05) is 18.2 Å². The average molecular weight is 269 g/mol. The topological polar surface area (TPSA) is 39.7 Å². The van der Waals surface area contributed by atoms with E-state index in [4.69, 9.17) is 13.3 Å². The van der Waals surface area contributed by atoms with Crippen LogP contribution in [0.3, 0.4) is 0 Å². The molecule has 0 amide bonds. The van der Waals surface area contributed by atoms with Gasteiger partial charge in [-0.2, -0.15) is 0 Å². The Morgan fingerprint density at radius 1 is 1.11 bits per heavy atom. The number of benzene rings is 1. The van der Waals surface area contributed by atoms with Crippen LogP contribution in [0.5, 0.6) is 0 Å². The molecule has 5 heteroatoms. The summed E-state index contributed by atoms with van der Waals surface area (Å²) in [6, 6.07) is 10.1. The Labute approximate surface area is 111 Å². The third kappa shape index (κ3) is 6.16. The summed E-state index contributed by atoms with van der Waals surface area (Å²) in [6.07, 6.45) is 0.0694. The normalized spacial score (nSPS) is 12.7. The molecule has 0 heterocycles. The van der Waals surface area contributed by atoms with E-state index in [2.05, 4.69) is 5.32 Å². The zero-order valence-corrected chi connectivity index (χ0v) is 12.5. The Balaban J connectivity index is 2.29. The van der Waals surface area contributed by atoms with Crippen molar-refractivity contribution in [2.75, 3.05) is 25.1 Å². The van der Waals surface area contributed by atoms with Crippen molar-refractivity contribution in [3.8, 4) is 0 Å². The minimum absolute atomic E-state index is 0.0694. The van der Waals surface area contributed by atoms with Crippen LogP contribution in [0.25, 0.3) is 0 Å². The molecule has 0 aliphatic heterocycles. The molecule has 0 bridgehead atoms. The van der Waals surface area contributed by atoms with Crippen LogP contribution < -0.4 is 5.32 Å². The van der Waals surface area contributed by atoms with Crippen molar-refractivity contribution in [2.45, 2.75) is 26.9 Å². The zero-order chi connectivity index (χ0) is 13.2. The molecule has 0 aromatic heterocycles. The minimum atomic E-state index is -1.96. The minimum Gasteiger partial charge on any atom is -0.382 e. The summed E-state index contributed by atoms with van der Waals surface area (Å²) in [6.45, 7) is 7.94. The van der Waals surface area contributed by atoms with E-state index in [0.29, 0.717) is 13.2 Å². The van der Waals surface area contributed by atoms with Crippen LogP contribution in [0.2, 0.25) is 0 Å². The van der Waals surface area contributed by atoms with Crippen molar-refractivity contribution >= 4 is 15.2 Å². The second-order valence-corrected chi connectivity index (χ2v) is 5.41. The molecule has 0 aliphatic rings. The Kier molecular flexibility index (Phi) is 7.67. The Morgan fingerprint density at radius 3 is 2.28 bits per heavy atom. The van der Waals surface area contributed by atoms with Crippen LogP contribution in [0.4, 0.5) is 5.69 Å². The number of hydrogen-bond donors (Lipinski definition) is 1. The predicted octanol–water partition coefficient (Wildman–Crippen LogP) is 2.29. The van der Waals surface area contributed by atoms with Gasteiger partial charge in [0.2, 0.25) is 0 Å². The molecular formula is C13H23NO3Si. The van der Waals surface area contributed by atoms with Gasteiger partial charge in [-0.3, -0.25) is 0 Å². The van der Waals surface area contributed by atoms with Gasteiger partial charge in [0.1, 0.15) is 0 Å². The third-order valence-corrected chi connectivity index (χ3v) is 4.21. The van der Waals surface area contributed by atoms with E-state index in [1.807, 2.05) is 51.1 Å². The lowest BCUT2D eigenvalue weighted by Crippen LogP contribution is -2.34. The number of hydrogen-bond acceptors (Lipinski definition) is 4.